The Hall–Kier alpha value is -3.56. The Labute approximate surface area is 195 Å². The number of ether oxygens (including phenoxy) is 1. The van der Waals surface area contributed by atoms with Crippen molar-refractivity contribution in [2.45, 2.75) is 45.2 Å². The van der Waals surface area contributed by atoms with Crippen LogP contribution in [0.2, 0.25) is 0 Å². The molecule has 0 aliphatic rings. The van der Waals surface area contributed by atoms with E-state index in [2.05, 4.69) is 22.1 Å². The number of aromatic nitrogens is 3. The molecule has 0 aliphatic heterocycles. The van der Waals surface area contributed by atoms with Gasteiger partial charge in [-0.05, 0) is 48.1 Å². The fourth-order valence-electron chi connectivity index (χ4n) is 3.39. The highest BCUT2D eigenvalue weighted by Crippen LogP contribution is 2.37. The molecular weight excluding hydrogens is 449 g/mol. The number of alkyl halides is 3. The lowest BCUT2D eigenvalue weighted by Crippen LogP contribution is -2.24. The monoisotopic (exact) mass is 476 g/mol. The number of hydrogen-bond donors (Lipinski definition) is 2. The Bertz CT molecular complexity index is 1200. The summed E-state index contributed by atoms with van der Waals surface area (Å²) in [5, 5.41) is 22.0. The Morgan fingerprint density at radius 1 is 1.18 bits per heavy atom. The minimum absolute atomic E-state index is 0.0485. The SMILES string of the molecule is C=CCNC(=O)OCCCc1cc(-n2nc3ccc(C(F)(F)F)cc3n2)c(O)c(C(C)(C)C)c1. The maximum Gasteiger partial charge on any atom is 0.416 e. The molecule has 0 atom stereocenters. The maximum atomic E-state index is 13.1. The molecule has 0 spiro atoms. The minimum Gasteiger partial charge on any atom is -0.505 e. The van der Waals surface area contributed by atoms with Crippen LogP contribution in [0.1, 0.15) is 43.9 Å². The fourth-order valence-corrected chi connectivity index (χ4v) is 3.39. The first kappa shape index (κ1) is 25.1. The second kappa shape index (κ2) is 9.74. The summed E-state index contributed by atoms with van der Waals surface area (Å²) >= 11 is 0. The lowest BCUT2D eigenvalue weighted by Gasteiger charge is -2.23. The average Bonchev–Trinajstić information content (AvgIpc) is 3.17. The summed E-state index contributed by atoms with van der Waals surface area (Å²) in [6.45, 7) is 9.82. The molecule has 7 nitrogen and oxygen atoms in total. The van der Waals surface area contributed by atoms with Gasteiger partial charge in [-0.2, -0.15) is 13.2 Å². The molecule has 0 radical (unpaired) electrons. The van der Waals surface area contributed by atoms with Crippen molar-refractivity contribution in [3.63, 3.8) is 0 Å². The van der Waals surface area contributed by atoms with Crippen LogP contribution in [0.25, 0.3) is 16.7 Å². The van der Waals surface area contributed by atoms with Gasteiger partial charge in [0.25, 0.3) is 0 Å². The van der Waals surface area contributed by atoms with Crippen LogP contribution in [-0.2, 0) is 22.7 Å². The van der Waals surface area contributed by atoms with Crippen LogP contribution in [0.5, 0.6) is 5.75 Å². The van der Waals surface area contributed by atoms with E-state index in [0.717, 1.165) is 22.5 Å². The highest BCUT2D eigenvalue weighted by Gasteiger charge is 2.31. The van der Waals surface area contributed by atoms with Gasteiger partial charge in [0.1, 0.15) is 22.5 Å². The molecule has 34 heavy (non-hydrogen) atoms. The maximum absolute atomic E-state index is 13.1. The van der Waals surface area contributed by atoms with Gasteiger partial charge in [-0.25, -0.2) is 4.79 Å². The van der Waals surface area contributed by atoms with Crippen LogP contribution in [-0.4, -0.2) is 39.3 Å². The summed E-state index contributed by atoms with van der Waals surface area (Å²) in [5.41, 5.74) is 0.831. The number of nitrogens with zero attached hydrogens (tertiary/aromatic N) is 3. The third-order valence-corrected chi connectivity index (χ3v) is 5.11. The highest BCUT2D eigenvalue weighted by molar-refractivity contribution is 5.75. The van der Waals surface area contributed by atoms with Crippen LogP contribution in [0.15, 0.2) is 43.0 Å². The van der Waals surface area contributed by atoms with Gasteiger partial charge in [0, 0.05) is 12.1 Å². The largest absolute Gasteiger partial charge is 0.505 e. The van der Waals surface area contributed by atoms with Crippen molar-refractivity contribution < 1.29 is 27.8 Å². The number of hydrogen-bond acceptors (Lipinski definition) is 5. The van der Waals surface area contributed by atoms with Gasteiger partial charge in [-0.1, -0.05) is 32.9 Å². The Morgan fingerprint density at radius 2 is 1.88 bits per heavy atom. The number of carbonyl (C=O) groups is 1. The predicted molar refractivity (Wildman–Crippen MR) is 122 cm³/mol. The number of phenolic OH excluding ortho intramolecular Hbond substituents is 1. The lowest BCUT2D eigenvalue weighted by molar-refractivity contribution is -0.137. The Kier molecular flexibility index (Phi) is 7.18. The smallest absolute Gasteiger partial charge is 0.416 e. The molecule has 0 unspecified atom stereocenters. The van der Waals surface area contributed by atoms with Gasteiger partial charge in [-0.3, -0.25) is 0 Å². The zero-order valence-electron chi connectivity index (χ0n) is 19.2. The van der Waals surface area contributed by atoms with Gasteiger partial charge < -0.3 is 15.2 Å². The molecule has 0 saturated heterocycles. The third-order valence-electron chi connectivity index (χ3n) is 5.11. The van der Waals surface area contributed by atoms with E-state index in [1.807, 2.05) is 26.8 Å². The van der Waals surface area contributed by atoms with E-state index in [1.54, 1.807) is 12.1 Å². The molecule has 0 aliphatic carbocycles. The quantitative estimate of drug-likeness (QED) is 0.357. The van der Waals surface area contributed by atoms with Gasteiger partial charge in [0.05, 0.1) is 12.2 Å². The number of alkyl carbamates (subject to hydrolysis) is 1. The van der Waals surface area contributed by atoms with Crippen molar-refractivity contribution in [1.29, 1.82) is 0 Å². The molecule has 182 valence electrons. The average molecular weight is 476 g/mol. The molecular formula is C24H27F3N4O3. The van der Waals surface area contributed by atoms with Crippen LogP contribution < -0.4 is 5.32 Å². The number of phenols is 1. The van der Waals surface area contributed by atoms with Crippen molar-refractivity contribution in [2.24, 2.45) is 0 Å². The van der Waals surface area contributed by atoms with Crippen LogP contribution in [0.4, 0.5) is 18.0 Å². The molecule has 3 aromatic rings. The molecule has 0 bridgehead atoms. The number of halogens is 3. The molecule has 0 fully saturated rings. The van der Waals surface area contributed by atoms with E-state index < -0.39 is 23.2 Å². The van der Waals surface area contributed by atoms with Crippen LogP contribution in [0.3, 0.4) is 0 Å². The zero-order valence-corrected chi connectivity index (χ0v) is 19.2. The van der Waals surface area contributed by atoms with Crippen molar-refractivity contribution in [2.75, 3.05) is 13.2 Å². The standard InChI is InChI=1S/C24H27F3N4O3/c1-5-10-28-22(33)34-11-6-7-15-12-17(23(2,3)4)21(32)20(13-15)31-29-18-9-8-16(24(25,26)27)14-19(18)30-31/h5,8-9,12-14,32H,1,6-7,10-11H2,2-4H3,(H,28,33). The molecule has 1 amide bonds. The summed E-state index contributed by atoms with van der Waals surface area (Å²) < 4.78 is 44.3. The summed E-state index contributed by atoms with van der Waals surface area (Å²) in [6.07, 6.45) is -2.43. The summed E-state index contributed by atoms with van der Waals surface area (Å²) in [6, 6.07) is 6.68. The topological polar surface area (TPSA) is 89.3 Å². The Balaban J connectivity index is 1.91. The van der Waals surface area contributed by atoms with Gasteiger partial charge >= 0.3 is 12.3 Å². The number of aryl methyl sites for hydroxylation is 1. The number of aromatic hydroxyl groups is 1. The third kappa shape index (κ3) is 5.86. The van der Waals surface area contributed by atoms with E-state index >= 15 is 0 Å². The first-order valence-corrected chi connectivity index (χ1v) is 10.7. The molecule has 2 N–H and O–H groups in total. The fraction of sp³-hybridized carbons (Fsp3) is 0.375. The van der Waals surface area contributed by atoms with E-state index in [4.69, 9.17) is 4.74 Å². The summed E-state index contributed by atoms with van der Waals surface area (Å²) in [7, 11) is 0. The molecule has 1 heterocycles. The second-order valence-electron chi connectivity index (χ2n) is 8.86. The number of rotatable bonds is 7. The van der Waals surface area contributed by atoms with Crippen molar-refractivity contribution in [1.82, 2.24) is 20.3 Å². The molecule has 3 rings (SSSR count). The van der Waals surface area contributed by atoms with E-state index in [0.29, 0.717) is 24.9 Å². The number of carbonyl (C=O) groups excluding carboxylic acids is 1. The Morgan fingerprint density at radius 3 is 2.53 bits per heavy atom. The van der Waals surface area contributed by atoms with Gasteiger partial charge in [0.2, 0.25) is 0 Å². The zero-order chi connectivity index (χ0) is 25.1. The molecule has 2 aromatic carbocycles. The van der Waals surface area contributed by atoms with Crippen LogP contribution in [0, 0.1) is 0 Å². The highest BCUT2D eigenvalue weighted by atomic mass is 19.4. The number of benzene rings is 2. The van der Waals surface area contributed by atoms with E-state index in [1.165, 1.54) is 6.07 Å². The molecule has 0 saturated carbocycles. The first-order chi connectivity index (χ1) is 15.9. The first-order valence-electron chi connectivity index (χ1n) is 10.7. The van der Waals surface area contributed by atoms with E-state index in [-0.39, 0.29) is 29.1 Å². The number of amides is 1. The molecule has 1 aromatic heterocycles. The van der Waals surface area contributed by atoms with Crippen molar-refractivity contribution in [3.8, 4) is 11.4 Å². The van der Waals surface area contributed by atoms with Crippen molar-refractivity contribution >= 4 is 17.1 Å². The predicted octanol–water partition coefficient (Wildman–Crippen LogP) is 5.29. The van der Waals surface area contributed by atoms with Crippen LogP contribution >= 0.6 is 0 Å². The summed E-state index contributed by atoms with van der Waals surface area (Å²) in [5.74, 6) is -0.0485. The molecule has 10 heteroatoms. The van der Waals surface area contributed by atoms with Gasteiger partial charge in [-0.15, -0.1) is 21.6 Å². The van der Waals surface area contributed by atoms with Crippen molar-refractivity contribution in [3.05, 3.63) is 59.7 Å². The summed E-state index contributed by atoms with van der Waals surface area (Å²) in [4.78, 5) is 12.7. The lowest BCUT2D eigenvalue weighted by atomic mass is 9.84. The number of fused-ring (bicyclic) bond motifs is 1. The second-order valence-corrected chi connectivity index (χ2v) is 8.86. The number of nitrogens with one attached hydrogen (secondary N) is 1. The normalized spacial score (nSPS) is 12.1. The van der Waals surface area contributed by atoms with Gasteiger partial charge in [0.15, 0.2) is 0 Å². The van der Waals surface area contributed by atoms with E-state index in [9.17, 15) is 23.1 Å². The minimum atomic E-state index is -4.50.